The molecule has 0 aromatic heterocycles. The molecule has 1 heterocycles. The quantitative estimate of drug-likeness (QED) is 0.796. The van der Waals surface area contributed by atoms with E-state index in [2.05, 4.69) is 21.2 Å². The predicted octanol–water partition coefficient (Wildman–Crippen LogP) is 3.64. The molecule has 6 heteroatoms. The lowest BCUT2D eigenvalue weighted by atomic mass is 10.1. The summed E-state index contributed by atoms with van der Waals surface area (Å²) in [7, 11) is 0. The number of carbonyl (C=O) groups excluding carboxylic acids is 3. The van der Waals surface area contributed by atoms with E-state index >= 15 is 0 Å². The largest absolute Gasteiger partial charge is 0.326 e. The van der Waals surface area contributed by atoms with Crippen LogP contribution in [0.3, 0.4) is 0 Å². The molecule has 0 spiro atoms. The molecule has 2 aromatic carbocycles. The van der Waals surface area contributed by atoms with Crippen LogP contribution in [0.25, 0.3) is 0 Å². The number of anilines is 2. The fraction of sp³-hybridized carbons (Fsp3) is 0.211. The summed E-state index contributed by atoms with van der Waals surface area (Å²) in [4.78, 5) is 37.6. The normalized spacial score (nSPS) is 16.8. The second-order valence-corrected chi connectivity index (χ2v) is 6.92. The fourth-order valence-corrected chi connectivity index (χ4v) is 3.05. The molecule has 25 heavy (non-hydrogen) atoms. The summed E-state index contributed by atoms with van der Waals surface area (Å²) < 4.78 is 0.936. The zero-order chi connectivity index (χ0) is 18.0. The van der Waals surface area contributed by atoms with Crippen LogP contribution in [0.2, 0.25) is 0 Å². The average molecular weight is 401 g/mol. The first-order valence-electron chi connectivity index (χ1n) is 7.92. The van der Waals surface area contributed by atoms with E-state index < -0.39 is 5.92 Å². The first-order chi connectivity index (χ1) is 11.9. The maximum absolute atomic E-state index is 12.4. The molecule has 1 aliphatic rings. The monoisotopic (exact) mass is 400 g/mol. The minimum Gasteiger partial charge on any atom is -0.326 e. The SMILES string of the molecule is CC(=O)c1ccc(NC(=O)[C@@H]2CC(=O)N(c3ccc(Br)cc3)C2)cc1. The Morgan fingerprint density at radius 2 is 1.72 bits per heavy atom. The molecule has 128 valence electrons. The number of nitrogens with zero attached hydrogens (tertiary/aromatic N) is 1. The number of nitrogens with one attached hydrogen (secondary N) is 1. The Kier molecular flexibility index (Phi) is 4.99. The van der Waals surface area contributed by atoms with Gasteiger partial charge < -0.3 is 10.2 Å². The molecule has 2 amide bonds. The van der Waals surface area contributed by atoms with Crippen molar-refractivity contribution < 1.29 is 14.4 Å². The van der Waals surface area contributed by atoms with Crippen molar-refractivity contribution in [3.63, 3.8) is 0 Å². The average Bonchev–Trinajstić information content (AvgIpc) is 2.98. The van der Waals surface area contributed by atoms with Crippen molar-refractivity contribution in [3.05, 3.63) is 58.6 Å². The van der Waals surface area contributed by atoms with Crippen LogP contribution in [0, 0.1) is 5.92 Å². The highest BCUT2D eigenvalue weighted by molar-refractivity contribution is 9.10. The molecule has 0 aliphatic carbocycles. The molecule has 5 nitrogen and oxygen atoms in total. The van der Waals surface area contributed by atoms with Crippen LogP contribution in [0.4, 0.5) is 11.4 Å². The summed E-state index contributed by atoms with van der Waals surface area (Å²) in [6.07, 6.45) is 0.188. The van der Waals surface area contributed by atoms with Crippen molar-refractivity contribution in [3.8, 4) is 0 Å². The molecule has 0 saturated carbocycles. The molecule has 0 bridgehead atoms. The number of hydrogen-bond acceptors (Lipinski definition) is 3. The van der Waals surface area contributed by atoms with E-state index in [9.17, 15) is 14.4 Å². The minimum absolute atomic E-state index is 0.0237. The Morgan fingerprint density at radius 1 is 1.08 bits per heavy atom. The first kappa shape index (κ1) is 17.4. The number of benzene rings is 2. The summed E-state index contributed by atoms with van der Waals surface area (Å²) in [6.45, 7) is 1.85. The molecule has 1 saturated heterocycles. The van der Waals surface area contributed by atoms with Gasteiger partial charge in [0.15, 0.2) is 5.78 Å². The molecule has 1 aliphatic heterocycles. The predicted molar refractivity (Wildman–Crippen MR) is 99.7 cm³/mol. The highest BCUT2D eigenvalue weighted by atomic mass is 79.9. The van der Waals surface area contributed by atoms with Crippen molar-refractivity contribution >= 4 is 44.9 Å². The number of hydrogen-bond donors (Lipinski definition) is 1. The van der Waals surface area contributed by atoms with E-state index in [1.54, 1.807) is 29.2 Å². The third-order valence-corrected chi connectivity index (χ3v) is 4.72. The number of carbonyl (C=O) groups is 3. The number of rotatable bonds is 4. The van der Waals surface area contributed by atoms with Gasteiger partial charge in [0.2, 0.25) is 11.8 Å². The van der Waals surface area contributed by atoms with Gasteiger partial charge in [-0.25, -0.2) is 0 Å². The lowest BCUT2D eigenvalue weighted by Gasteiger charge is -2.16. The summed E-state index contributed by atoms with van der Waals surface area (Å²) >= 11 is 3.37. The van der Waals surface area contributed by atoms with Crippen molar-refractivity contribution in [1.82, 2.24) is 0 Å². The van der Waals surface area contributed by atoms with E-state index in [0.29, 0.717) is 17.8 Å². The number of Topliss-reactive ketones (excluding diaryl/α,β-unsaturated/α-hetero) is 1. The van der Waals surface area contributed by atoms with Gasteiger partial charge in [-0.3, -0.25) is 14.4 Å². The molecular weight excluding hydrogens is 384 g/mol. The van der Waals surface area contributed by atoms with Crippen LogP contribution in [0.15, 0.2) is 53.0 Å². The number of amides is 2. The van der Waals surface area contributed by atoms with Gasteiger partial charge in [0.25, 0.3) is 0 Å². The zero-order valence-electron chi connectivity index (χ0n) is 13.7. The van der Waals surface area contributed by atoms with Crippen molar-refractivity contribution in [2.45, 2.75) is 13.3 Å². The third-order valence-electron chi connectivity index (χ3n) is 4.19. The molecular formula is C19H17BrN2O3. The van der Waals surface area contributed by atoms with Gasteiger partial charge in [-0.1, -0.05) is 15.9 Å². The highest BCUT2D eigenvalue weighted by Crippen LogP contribution is 2.27. The van der Waals surface area contributed by atoms with Crippen LogP contribution in [0.5, 0.6) is 0 Å². The van der Waals surface area contributed by atoms with E-state index in [0.717, 1.165) is 10.2 Å². The standard InChI is InChI=1S/C19H17BrN2O3/c1-12(23)13-2-6-16(7-3-13)21-19(25)14-10-18(24)22(11-14)17-8-4-15(20)5-9-17/h2-9,14H,10-11H2,1H3,(H,21,25)/t14-/m1/s1. The molecule has 0 radical (unpaired) electrons. The Hall–Kier alpha value is -2.47. The van der Waals surface area contributed by atoms with Gasteiger partial charge in [-0.15, -0.1) is 0 Å². The van der Waals surface area contributed by atoms with Crippen molar-refractivity contribution in [2.75, 3.05) is 16.8 Å². The number of halogens is 1. The Labute approximate surface area is 154 Å². The summed E-state index contributed by atoms with van der Waals surface area (Å²) in [6, 6.07) is 14.2. The summed E-state index contributed by atoms with van der Waals surface area (Å²) in [5, 5.41) is 2.82. The molecule has 2 aromatic rings. The van der Waals surface area contributed by atoms with E-state index in [1.165, 1.54) is 6.92 Å². The van der Waals surface area contributed by atoms with Gasteiger partial charge in [0.1, 0.15) is 0 Å². The first-order valence-corrected chi connectivity index (χ1v) is 8.71. The molecule has 0 unspecified atom stereocenters. The van der Waals surface area contributed by atoms with Gasteiger partial charge in [0.05, 0.1) is 5.92 Å². The van der Waals surface area contributed by atoms with Gasteiger partial charge >= 0.3 is 0 Å². The molecule has 1 fully saturated rings. The molecule has 1 N–H and O–H groups in total. The summed E-state index contributed by atoms with van der Waals surface area (Å²) in [5.41, 5.74) is 1.99. The second kappa shape index (κ2) is 7.19. The highest BCUT2D eigenvalue weighted by Gasteiger charge is 2.35. The van der Waals surface area contributed by atoms with Gasteiger partial charge in [-0.05, 0) is 55.5 Å². The van der Waals surface area contributed by atoms with Crippen molar-refractivity contribution in [2.24, 2.45) is 5.92 Å². The maximum atomic E-state index is 12.4. The minimum atomic E-state index is -0.399. The van der Waals surface area contributed by atoms with E-state index in [4.69, 9.17) is 0 Å². The fourth-order valence-electron chi connectivity index (χ4n) is 2.79. The topological polar surface area (TPSA) is 66.5 Å². The summed E-state index contributed by atoms with van der Waals surface area (Å²) in [5.74, 6) is -0.675. The van der Waals surface area contributed by atoms with Gasteiger partial charge in [-0.2, -0.15) is 0 Å². The van der Waals surface area contributed by atoms with E-state index in [1.807, 2.05) is 24.3 Å². The lowest BCUT2D eigenvalue weighted by molar-refractivity contribution is -0.122. The smallest absolute Gasteiger partial charge is 0.229 e. The lowest BCUT2D eigenvalue weighted by Crippen LogP contribution is -2.28. The zero-order valence-corrected chi connectivity index (χ0v) is 15.2. The Balaban J connectivity index is 1.66. The third kappa shape index (κ3) is 3.96. The van der Waals surface area contributed by atoms with Crippen LogP contribution >= 0.6 is 15.9 Å². The van der Waals surface area contributed by atoms with Crippen LogP contribution in [0.1, 0.15) is 23.7 Å². The second-order valence-electron chi connectivity index (χ2n) is 6.00. The van der Waals surface area contributed by atoms with Crippen LogP contribution in [-0.2, 0) is 9.59 Å². The Morgan fingerprint density at radius 3 is 2.32 bits per heavy atom. The van der Waals surface area contributed by atoms with Crippen LogP contribution < -0.4 is 10.2 Å². The van der Waals surface area contributed by atoms with Crippen LogP contribution in [-0.4, -0.2) is 24.1 Å². The van der Waals surface area contributed by atoms with E-state index in [-0.39, 0.29) is 24.0 Å². The molecule has 3 rings (SSSR count). The number of ketones is 1. The maximum Gasteiger partial charge on any atom is 0.229 e. The molecule has 1 atom stereocenters. The van der Waals surface area contributed by atoms with Gasteiger partial charge in [0, 0.05) is 34.4 Å². The Bertz CT molecular complexity index is 816. The van der Waals surface area contributed by atoms with Crippen molar-refractivity contribution in [1.29, 1.82) is 0 Å².